The quantitative estimate of drug-likeness (QED) is 0.738. The smallest absolute Gasteiger partial charge is 0.152 e. The number of furan rings is 1. The van der Waals surface area contributed by atoms with Crippen molar-refractivity contribution in [2.24, 2.45) is 0 Å². The lowest BCUT2D eigenvalue weighted by Crippen LogP contribution is -2.00. The predicted octanol–water partition coefficient (Wildman–Crippen LogP) is 4.15. The molecular weight excluding hydrogens is 262 g/mol. The lowest BCUT2D eigenvalue weighted by molar-refractivity contribution is 0.545. The molecule has 0 fully saturated rings. The first-order chi connectivity index (χ1) is 10.3. The molecule has 2 aromatic heterocycles. The van der Waals surface area contributed by atoms with E-state index >= 15 is 0 Å². The van der Waals surface area contributed by atoms with E-state index in [-0.39, 0.29) is 0 Å². The van der Waals surface area contributed by atoms with Gasteiger partial charge in [0, 0.05) is 17.8 Å². The second-order valence-corrected chi connectivity index (χ2v) is 5.09. The molecule has 2 N–H and O–H groups in total. The normalized spacial score (nSPS) is 10.8. The molecule has 0 bridgehead atoms. The largest absolute Gasteiger partial charge is 0.460 e. The van der Waals surface area contributed by atoms with Gasteiger partial charge in [-0.15, -0.1) is 0 Å². The molecule has 0 atom stereocenters. The van der Waals surface area contributed by atoms with Gasteiger partial charge >= 0.3 is 0 Å². The Balaban J connectivity index is 1.75. The number of H-pyrrole nitrogens is 1. The van der Waals surface area contributed by atoms with E-state index in [0.29, 0.717) is 6.54 Å². The van der Waals surface area contributed by atoms with Crippen molar-refractivity contribution < 1.29 is 4.42 Å². The summed E-state index contributed by atoms with van der Waals surface area (Å²) in [6, 6.07) is 12.4. The number of nitrogens with zero attached hydrogens (tertiary/aromatic N) is 1. The number of aromatic amines is 1. The fourth-order valence-electron chi connectivity index (χ4n) is 2.33. The van der Waals surface area contributed by atoms with Gasteiger partial charge in [-0.3, -0.25) is 5.10 Å². The number of benzene rings is 1. The van der Waals surface area contributed by atoms with E-state index in [0.717, 1.165) is 34.9 Å². The van der Waals surface area contributed by atoms with E-state index in [1.165, 1.54) is 5.56 Å². The summed E-state index contributed by atoms with van der Waals surface area (Å²) in [4.78, 5) is 0. The van der Waals surface area contributed by atoms with Crippen molar-refractivity contribution in [2.75, 3.05) is 5.32 Å². The standard InChI is InChI=1S/C17H19N3O/c1-3-13-5-4-6-15(9-13)18-10-14-11-19-20-17(14)16-8-7-12(2)21-16/h4-9,11,18H,3,10H2,1-2H3,(H,19,20). The molecule has 4 nitrogen and oxygen atoms in total. The molecule has 3 rings (SSSR count). The Morgan fingerprint density at radius 2 is 2.14 bits per heavy atom. The summed E-state index contributed by atoms with van der Waals surface area (Å²) in [5, 5.41) is 10.6. The van der Waals surface area contributed by atoms with Crippen LogP contribution < -0.4 is 5.32 Å². The Bertz CT molecular complexity index is 727. The Kier molecular flexibility index (Phi) is 3.77. The van der Waals surface area contributed by atoms with Gasteiger partial charge < -0.3 is 9.73 Å². The highest BCUT2D eigenvalue weighted by atomic mass is 16.3. The van der Waals surface area contributed by atoms with E-state index in [1.54, 1.807) is 0 Å². The van der Waals surface area contributed by atoms with Gasteiger partial charge in [0.15, 0.2) is 5.76 Å². The van der Waals surface area contributed by atoms with Gasteiger partial charge in [-0.05, 0) is 43.2 Å². The van der Waals surface area contributed by atoms with Crippen LogP contribution in [0.2, 0.25) is 0 Å². The summed E-state index contributed by atoms with van der Waals surface area (Å²) in [7, 11) is 0. The lowest BCUT2D eigenvalue weighted by atomic mass is 10.1. The van der Waals surface area contributed by atoms with Crippen molar-refractivity contribution in [2.45, 2.75) is 26.8 Å². The first-order valence-corrected chi connectivity index (χ1v) is 7.18. The minimum Gasteiger partial charge on any atom is -0.460 e. The van der Waals surface area contributed by atoms with E-state index in [2.05, 4.69) is 46.7 Å². The molecule has 108 valence electrons. The minimum absolute atomic E-state index is 0.707. The first kappa shape index (κ1) is 13.5. The molecule has 0 unspecified atom stereocenters. The molecular formula is C17H19N3O. The number of anilines is 1. The summed E-state index contributed by atoms with van der Waals surface area (Å²) in [6.07, 6.45) is 2.88. The van der Waals surface area contributed by atoms with Gasteiger partial charge in [-0.1, -0.05) is 19.1 Å². The summed E-state index contributed by atoms with van der Waals surface area (Å²) >= 11 is 0. The highest BCUT2D eigenvalue weighted by Gasteiger charge is 2.10. The molecule has 2 heterocycles. The van der Waals surface area contributed by atoms with Gasteiger partial charge in [0.1, 0.15) is 11.5 Å². The summed E-state index contributed by atoms with van der Waals surface area (Å²) in [5.41, 5.74) is 4.47. The van der Waals surface area contributed by atoms with Crippen LogP contribution >= 0.6 is 0 Å². The number of aryl methyl sites for hydroxylation is 2. The van der Waals surface area contributed by atoms with Crippen molar-refractivity contribution in [3.8, 4) is 11.5 Å². The Hall–Kier alpha value is -2.49. The first-order valence-electron chi connectivity index (χ1n) is 7.18. The van der Waals surface area contributed by atoms with Crippen LogP contribution in [0.1, 0.15) is 23.8 Å². The zero-order chi connectivity index (χ0) is 14.7. The Morgan fingerprint density at radius 3 is 2.90 bits per heavy atom. The molecule has 0 radical (unpaired) electrons. The van der Waals surface area contributed by atoms with Gasteiger partial charge in [-0.2, -0.15) is 5.10 Å². The topological polar surface area (TPSA) is 53.9 Å². The number of rotatable bonds is 5. The van der Waals surface area contributed by atoms with Gasteiger partial charge in [0.05, 0.1) is 6.20 Å². The fraction of sp³-hybridized carbons (Fsp3) is 0.235. The van der Waals surface area contributed by atoms with E-state index in [9.17, 15) is 0 Å². The zero-order valence-electron chi connectivity index (χ0n) is 12.3. The third kappa shape index (κ3) is 2.99. The monoisotopic (exact) mass is 281 g/mol. The maximum atomic E-state index is 5.66. The third-order valence-corrected chi connectivity index (χ3v) is 3.52. The average Bonchev–Trinajstić information content (AvgIpc) is 3.13. The predicted molar refractivity (Wildman–Crippen MR) is 84.2 cm³/mol. The second kappa shape index (κ2) is 5.87. The molecule has 0 saturated heterocycles. The van der Waals surface area contributed by atoms with Crippen molar-refractivity contribution in [3.05, 3.63) is 59.5 Å². The number of aromatic nitrogens is 2. The highest BCUT2D eigenvalue weighted by molar-refractivity contribution is 5.58. The van der Waals surface area contributed by atoms with Crippen LogP contribution in [0.15, 0.2) is 47.0 Å². The number of hydrogen-bond acceptors (Lipinski definition) is 3. The average molecular weight is 281 g/mol. The SMILES string of the molecule is CCc1cccc(NCc2cn[nH]c2-c2ccc(C)o2)c1. The molecule has 0 saturated carbocycles. The van der Waals surface area contributed by atoms with Gasteiger partial charge in [0.2, 0.25) is 0 Å². The molecule has 4 heteroatoms. The van der Waals surface area contributed by atoms with Crippen LogP contribution in [0.3, 0.4) is 0 Å². The highest BCUT2D eigenvalue weighted by Crippen LogP contribution is 2.24. The second-order valence-electron chi connectivity index (χ2n) is 5.09. The molecule has 0 aliphatic rings. The van der Waals surface area contributed by atoms with Crippen molar-refractivity contribution >= 4 is 5.69 Å². The molecule has 0 amide bonds. The van der Waals surface area contributed by atoms with Crippen LogP contribution in [0, 0.1) is 6.92 Å². The summed E-state index contributed by atoms with van der Waals surface area (Å²) in [5.74, 6) is 1.72. The van der Waals surface area contributed by atoms with Crippen LogP contribution in [-0.4, -0.2) is 10.2 Å². The summed E-state index contributed by atoms with van der Waals surface area (Å²) < 4.78 is 5.66. The number of nitrogens with one attached hydrogen (secondary N) is 2. The van der Waals surface area contributed by atoms with E-state index in [4.69, 9.17) is 4.42 Å². The summed E-state index contributed by atoms with van der Waals surface area (Å²) in [6.45, 7) is 4.80. The van der Waals surface area contributed by atoms with Crippen LogP contribution in [0.25, 0.3) is 11.5 Å². The van der Waals surface area contributed by atoms with Gasteiger partial charge in [0.25, 0.3) is 0 Å². The minimum atomic E-state index is 0.707. The van der Waals surface area contributed by atoms with Crippen LogP contribution in [0.5, 0.6) is 0 Å². The molecule has 21 heavy (non-hydrogen) atoms. The Morgan fingerprint density at radius 1 is 1.24 bits per heavy atom. The zero-order valence-corrected chi connectivity index (χ0v) is 12.3. The fourth-order valence-corrected chi connectivity index (χ4v) is 2.33. The maximum absolute atomic E-state index is 5.66. The van der Waals surface area contributed by atoms with Crippen molar-refractivity contribution in [3.63, 3.8) is 0 Å². The van der Waals surface area contributed by atoms with Crippen LogP contribution in [-0.2, 0) is 13.0 Å². The number of hydrogen-bond donors (Lipinski definition) is 2. The van der Waals surface area contributed by atoms with Crippen molar-refractivity contribution in [1.82, 2.24) is 10.2 Å². The Labute approximate surface area is 124 Å². The van der Waals surface area contributed by atoms with E-state index in [1.807, 2.05) is 25.3 Å². The van der Waals surface area contributed by atoms with Crippen LogP contribution in [0.4, 0.5) is 5.69 Å². The molecule has 3 aromatic rings. The molecule has 0 spiro atoms. The van der Waals surface area contributed by atoms with E-state index < -0.39 is 0 Å². The lowest BCUT2D eigenvalue weighted by Gasteiger charge is -2.07. The molecule has 1 aromatic carbocycles. The van der Waals surface area contributed by atoms with Gasteiger partial charge in [-0.25, -0.2) is 0 Å². The van der Waals surface area contributed by atoms with Crippen molar-refractivity contribution in [1.29, 1.82) is 0 Å². The maximum Gasteiger partial charge on any atom is 0.152 e. The molecule has 0 aliphatic heterocycles. The molecule has 0 aliphatic carbocycles. The third-order valence-electron chi connectivity index (χ3n) is 3.52.